The summed E-state index contributed by atoms with van der Waals surface area (Å²) in [6.07, 6.45) is 3.64. The van der Waals surface area contributed by atoms with Gasteiger partial charge in [0.15, 0.2) is 0 Å². The van der Waals surface area contributed by atoms with Gasteiger partial charge in [-0.3, -0.25) is 14.5 Å². The zero-order valence-corrected chi connectivity index (χ0v) is 19.0. The molecule has 4 aromatic rings. The van der Waals surface area contributed by atoms with Crippen LogP contribution < -0.4 is 10.2 Å². The number of halogens is 2. The first kappa shape index (κ1) is 21.9. The highest BCUT2D eigenvalue weighted by atomic mass is 35.5. The molecule has 2 aromatic heterocycles. The van der Waals surface area contributed by atoms with E-state index in [4.69, 9.17) is 11.6 Å². The highest BCUT2D eigenvalue weighted by molar-refractivity contribution is 6.35. The van der Waals surface area contributed by atoms with Gasteiger partial charge in [0.05, 0.1) is 23.7 Å². The first-order valence-corrected chi connectivity index (χ1v) is 11.1. The van der Waals surface area contributed by atoms with Gasteiger partial charge < -0.3 is 9.88 Å². The van der Waals surface area contributed by atoms with Gasteiger partial charge in [0, 0.05) is 34.9 Å². The summed E-state index contributed by atoms with van der Waals surface area (Å²) in [5.74, 6) is -0.657. The number of hydrogen-bond acceptors (Lipinski definition) is 3. The molecule has 2 aromatic carbocycles. The molecule has 34 heavy (non-hydrogen) atoms. The third kappa shape index (κ3) is 4.06. The molecule has 2 amide bonds. The normalized spacial score (nSPS) is 12.5. The molecule has 0 saturated carbocycles. The number of rotatable bonds is 3. The van der Waals surface area contributed by atoms with E-state index in [1.807, 2.05) is 30.5 Å². The zero-order valence-electron chi connectivity index (χ0n) is 18.3. The summed E-state index contributed by atoms with van der Waals surface area (Å²) < 4.78 is 15.7. The summed E-state index contributed by atoms with van der Waals surface area (Å²) in [7, 11) is 0. The van der Waals surface area contributed by atoms with Gasteiger partial charge in [-0.1, -0.05) is 23.7 Å². The standard InChI is InChI=1S/C26H20ClFN4O2/c1-16-6-7-18(28)12-22(16)25(33)30-19-8-9-21(23(27)13-19)26(34)32-15-20-5-3-11-31(20)14-17-4-2-10-29-24(17)32/h2-13H,14-15H2,1H3,(H,30,33). The van der Waals surface area contributed by atoms with Gasteiger partial charge in [0.2, 0.25) is 0 Å². The smallest absolute Gasteiger partial charge is 0.261 e. The Labute approximate surface area is 200 Å². The summed E-state index contributed by atoms with van der Waals surface area (Å²) in [6, 6.07) is 16.4. The largest absolute Gasteiger partial charge is 0.345 e. The summed E-state index contributed by atoms with van der Waals surface area (Å²) in [4.78, 5) is 32.3. The second kappa shape index (κ2) is 8.76. The zero-order chi connectivity index (χ0) is 23.8. The monoisotopic (exact) mass is 474 g/mol. The van der Waals surface area contributed by atoms with E-state index in [1.54, 1.807) is 36.2 Å². The Kier molecular flexibility index (Phi) is 5.63. The molecule has 5 rings (SSSR count). The molecule has 0 unspecified atom stereocenters. The average molecular weight is 475 g/mol. The van der Waals surface area contributed by atoms with Crippen LogP contribution in [-0.4, -0.2) is 21.4 Å². The number of pyridine rings is 1. The summed E-state index contributed by atoms with van der Waals surface area (Å²) in [5, 5.41) is 2.91. The number of hydrogen-bond donors (Lipinski definition) is 1. The van der Waals surface area contributed by atoms with Crippen LogP contribution in [0.1, 0.15) is 37.5 Å². The second-order valence-electron chi connectivity index (χ2n) is 8.11. The highest BCUT2D eigenvalue weighted by Crippen LogP contribution is 2.30. The molecular formula is C26H20ClFN4O2. The summed E-state index contributed by atoms with van der Waals surface area (Å²) in [6.45, 7) is 2.70. The lowest BCUT2D eigenvalue weighted by Crippen LogP contribution is -2.31. The minimum absolute atomic E-state index is 0.191. The molecule has 6 nitrogen and oxygen atoms in total. The maximum atomic E-state index is 13.6. The Bertz CT molecular complexity index is 1430. The number of nitrogens with zero attached hydrogens (tertiary/aromatic N) is 3. The number of carbonyl (C=O) groups excluding carboxylic acids is 2. The van der Waals surface area contributed by atoms with Crippen molar-refractivity contribution in [3.8, 4) is 0 Å². The van der Waals surface area contributed by atoms with Gasteiger partial charge in [0.25, 0.3) is 11.8 Å². The predicted molar refractivity (Wildman–Crippen MR) is 129 cm³/mol. The highest BCUT2D eigenvalue weighted by Gasteiger charge is 2.27. The van der Waals surface area contributed by atoms with Crippen molar-refractivity contribution in [1.82, 2.24) is 9.55 Å². The fourth-order valence-corrected chi connectivity index (χ4v) is 4.34. The van der Waals surface area contributed by atoms with Crippen molar-refractivity contribution >= 4 is 34.9 Å². The van der Waals surface area contributed by atoms with Gasteiger partial charge in [-0.25, -0.2) is 9.37 Å². The third-order valence-electron chi connectivity index (χ3n) is 5.85. The lowest BCUT2D eigenvalue weighted by atomic mass is 10.1. The van der Waals surface area contributed by atoms with Crippen LogP contribution in [0.2, 0.25) is 5.02 Å². The maximum Gasteiger partial charge on any atom is 0.261 e. The van der Waals surface area contributed by atoms with Gasteiger partial charge in [0.1, 0.15) is 11.6 Å². The lowest BCUT2D eigenvalue weighted by molar-refractivity contribution is 0.0983. The number of aryl methyl sites for hydroxylation is 1. The fraction of sp³-hybridized carbons (Fsp3) is 0.115. The first-order chi connectivity index (χ1) is 16.4. The molecule has 0 atom stereocenters. The molecule has 0 fully saturated rings. The van der Waals surface area contributed by atoms with Gasteiger partial charge in [-0.05, 0) is 61.0 Å². The van der Waals surface area contributed by atoms with Crippen molar-refractivity contribution < 1.29 is 14.0 Å². The Morgan fingerprint density at radius 1 is 1.03 bits per heavy atom. The van der Waals surface area contributed by atoms with Crippen LogP contribution in [0.15, 0.2) is 73.1 Å². The van der Waals surface area contributed by atoms with Gasteiger partial charge in [-0.2, -0.15) is 0 Å². The molecular weight excluding hydrogens is 455 g/mol. The summed E-state index contributed by atoms with van der Waals surface area (Å²) in [5.41, 5.74) is 3.48. The quantitative estimate of drug-likeness (QED) is 0.429. The molecule has 1 aliphatic heterocycles. The van der Waals surface area contributed by atoms with Crippen molar-refractivity contribution in [3.63, 3.8) is 0 Å². The Balaban J connectivity index is 1.43. The van der Waals surface area contributed by atoms with Crippen LogP contribution in [-0.2, 0) is 13.1 Å². The van der Waals surface area contributed by atoms with Crippen LogP contribution in [0.4, 0.5) is 15.9 Å². The SMILES string of the molecule is Cc1ccc(F)cc1C(=O)Nc1ccc(C(=O)N2Cc3cccn3Cc3cccnc32)c(Cl)c1. The molecule has 0 aliphatic carbocycles. The van der Waals surface area contributed by atoms with E-state index in [0.29, 0.717) is 35.7 Å². The molecule has 170 valence electrons. The maximum absolute atomic E-state index is 13.6. The van der Waals surface area contributed by atoms with Crippen LogP contribution in [0.25, 0.3) is 0 Å². The van der Waals surface area contributed by atoms with E-state index in [2.05, 4.69) is 14.9 Å². The first-order valence-electron chi connectivity index (χ1n) is 10.7. The van der Waals surface area contributed by atoms with Gasteiger partial charge >= 0.3 is 0 Å². The fourth-order valence-electron chi connectivity index (χ4n) is 4.08. The van der Waals surface area contributed by atoms with E-state index in [-0.39, 0.29) is 16.5 Å². The van der Waals surface area contributed by atoms with Gasteiger partial charge in [-0.15, -0.1) is 0 Å². The number of fused-ring (bicyclic) bond motifs is 2. The molecule has 0 spiro atoms. The number of benzene rings is 2. The molecule has 8 heteroatoms. The third-order valence-corrected chi connectivity index (χ3v) is 6.17. The van der Waals surface area contributed by atoms with Crippen LogP contribution in [0, 0.1) is 12.7 Å². The average Bonchev–Trinajstić information content (AvgIpc) is 3.19. The van der Waals surface area contributed by atoms with Crippen molar-refractivity contribution in [3.05, 3.63) is 112 Å². The number of amides is 2. The van der Waals surface area contributed by atoms with E-state index in [1.165, 1.54) is 18.2 Å². The Morgan fingerprint density at radius 3 is 2.71 bits per heavy atom. The van der Waals surface area contributed by atoms with E-state index < -0.39 is 11.7 Å². The topological polar surface area (TPSA) is 67.2 Å². The number of nitrogens with one attached hydrogen (secondary N) is 1. The van der Waals surface area contributed by atoms with Crippen LogP contribution in [0.5, 0.6) is 0 Å². The molecule has 3 heterocycles. The molecule has 0 radical (unpaired) electrons. The minimum Gasteiger partial charge on any atom is -0.345 e. The minimum atomic E-state index is -0.493. The summed E-state index contributed by atoms with van der Waals surface area (Å²) >= 11 is 6.49. The number of carbonyl (C=O) groups is 2. The van der Waals surface area contributed by atoms with Crippen LogP contribution in [0.3, 0.4) is 0 Å². The van der Waals surface area contributed by atoms with Crippen molar-refractivity contribution in [2.75, 3.05) is 10.2 Å². The second-order valence-corrected chi connectivity index (χ2v) is 8.52. The Hall–Kier alpha value is -3.97. The Morgan fingerprint density at radius 2 is 1.88 bits per heavy atom. The molecule has 0 bridgehead atoms. The van der Waals surface area contributed by atoms with Crippen molar-refractivity contribution in [2.24, 2.45) is 0 Å². The van der Waals surface area contributed by atoms with E-state index >= 15 is 0 Å². The lowest BCUT2D eigenvalue weighted by Gasteiger charge is -2.22. The molecule has 0 saturated heterocycles. The van der Waals surface area contributed by atoms with Crippen molar-refractivity contribution in [2.45, 2.75) is 20.0 Å². The predicted octanol–water partition coefficient (Wildman–Crippen LogP) is 5.45. The number of anilines is 2. The van der Waals surface area contributed by atoms with Crippen LogP contribution >= 0.6 is 11.6 Å². The van der Waals surface area contributed by atoms with E-state index in [9.17, 15) is 14.0 Å². The van der Waals surface area contributed by atoms with E-state index in [0.717, 1.165) is 11.3 Å². The van der Waals surface area contributed by atoms with Crippen molar-refractivity contribution in [1.29, 1.82) is 0 Å². The molecule has 1 aliphatic rings. The molecule has 1 N–H and O–H groups in total. The number of aromatic nitrogens is 2.